The van der Waals surface area contributed by atoms with Crippen molar-refractivity contribution in [3.63, 3.8) is 0 Å². The Morgan fingerprint density at radius 2 is 1.58 bits per heavy atom. The first-order valence-electron chi connectivity index (χ1n) is 8.01. The molecule has 0 aliphatic heterocycles. The van der Waals surface area contributed by atoms with Gasteiger partial charge in [-0.25, -0.2) is 0 Å². The summed E-state index contributed by atoms with van der Waals surface area (Å²) in [6, 6.07) is 0. The molecule has 0 aliphatic rings. The van der Waals surface area contributed by atoms with Gasteiger partial charge in [0.25, 0.3) is 0 Å². The summed E-state index contributed by atoms with van der Waals surface area (Å²) in [6.45, 7) is 4.42. The van der Waals surface area contributed by atoms with E-state index in [2.05, 4.69) is 17.2 Å². The highest BCUT2D eigenvalue weighted by molar-refractivity contribution is 7.09. The monoisotopic (exact) mass is 282 g/mol. The summed E-state index contributed by atoms with van der Waals surface area (Å²) in [5, 5.41) is 3.48. The minimum Gasteiger partial charge on any atom is -0.312 e. The zero-order valence-electron chi connectivity index (χ0n) is 12.5. The van der Waals surface area contributed by atoms with E-state index in [1.165, 1.54) is 69.1 Å². The molecule has 0 bridgehead atoms. The second-order valence-corrected chi connectivity index (χ2v) is 6.30. The van der Waals surface area contributed by atoms with Crippen LogP contribution < -0.4 is 5.32 Å². The molecule has 0 fully saturated rings. The zero-order chi connectivity index (χ0) is 13.6. The highest BCUT2D eigenvalue weighted by Gasteiger charge is 1.94. The van der Waals surface area contributed by atoms with Crippen molar-refractivity contribution in [1.29, 1.82) is 0 Å². The van der Waals surface area contributed by atoms with Gasteiger partial charge in [-0.15, -0.1) is 11.3 Å². The molecule has 19 heavy (non-hydrogen) atoms. The van der Waals surface area contributed by atoms with Crippen LogP contribution in [0.5, 0.6) is 0 Å². The van der Waals surface area contributed by atoms with Gasteiger partial charge in [0.1, 0.15) is 0 Å². The first kappa shape index (κ1) is 16.6. The molecule has 1 N–H and O–H groups in total. The molecule has 1 rings (SSSR count). The van der Waals surface area contributed by atoms with E-state index in [0.717, 1.165) is 13.1 Å². The van der Waals surface area contributed by atoms with Gasteiger partial charge < -0.3 is 5.32 Å². The summed E-state index contributed by atoms with van der Waals surface area (Å²) in [7, 11) is 0. The maximum atomic E-state index is 4.08. The van der Waals surface area contributed by atoms with Crippen molar-refractivity contribution in [2.75, 3.05) is 6.54 Å². The lowest BCUT2D eigenvalue weighted by atomic mass is 10.1. The summed E-state index contributed by atoms with van der Waals surface area (Å²) in [4.78, 5) is 5.42. The van der Waals surface area contributed by atoms with E-state index in [1.54, 1.807) is 11.3 Å². The molecular weight excluding hydrogens is 252 g/mol. The Balaban J connectivity index is 1.72. The van der Waals surface area contributed by atoms with Crippen LogP contribution in [0.15, 0.2) is 11.7 Å². The highest BCUT2D eigenvalue weighted by Crippen LogP contribution is 2.10. The Labute approximate surface area is 123 Å². The van der Waals surface area contributed by atoms with E-state index in [-0.39, 0.29) is 0 Å². The minimum atomic E-state index is 0.988. The third-order valence-electron chi connectivity index (χ3n) is 3.49. The number of hydrogen-bond donors (Lipinski definition) is 1. The van der Waals surface area contributed by atoms with Crippen LogP contribution in [0.2, 0.25) is 0 Å². The fourth-order valence-corrected chi connectivity index (χ4v) is 2.84. The third-order valence-corrected chi connectivity index (χ3v) is 4.27. The molecule has 1 aromatic rings. The molecule has 110 valence electrons. The summed E-state index contributed by atoms with van der Waals surface area (Å²) in [5.41, 5.74) is 1.90. The molecule has 0 unspecified atom stereocenters. The normalized spacial score (nSPS) is 11.0. The number of nitrogens with zero attached hydrogens (tertiary/aromatic N) is 1. The summed E-state index contributed by atoms with van der Waals surface area (Å²) in [5.74, 6) is 0. The van der Waals surface area contributed by atoms with Crippen molar-refractivity contribution < 1.29 is 0 Å². The van der Waals surface area contributed by atoms with Crippen molar-refractivity contribution in [1.82, 2.24) is 10.3 Å². The van der Waals surface area contributed by atoms with E-state index >= 15 is 0 Å². The Hall–Kier alpha value is -0.410. The lowest BCUT2D eigenvalue weighted by Crippen LogP contribution is -2.13. The van der Waals surface area contributed by atoms with Crippen LogP contribution in [0.4, 0.5) is 0 Å². The van der Waals surface area contributed by atoms with Gasteiger partial charge in [-0.2, -0.15) is 0 Å². The molecule has 0 aliphatic carbocycles. The van der Waals surface area contributed by atoms with Crippen molar-refractivity contribution in [2.45, 2.75) is 77.7 Å². The molecule has 0 saturated heterocycles. The van der Waals surface area contributed by atoms with Crippen LogP contribution in [0.25, 0.3) is 0 Å². The molecule has 0 amide bonds. The average Bonchev–Trinajstić information content (AvgIpc) is 2.93. The van der Waals surface area contributed by atoms with Crippen molar-refractivity contribution in [3.8, 4) is 0 Å². The molecule has 0 spiro atoms. The van der Waals surface area contributed by atoms with Crippen LogP contribution in [0, 0.1) is 0 Å². The van der Waals surface area contributed by atoms with Gasteiger partial charge in [0.05, 0.1) is 5.51 Å². The predicted octanol–water partition coefficient (Wildman–Crippen LogP) is 5.15. The smallest absolute Gasteiger partial charge is 0.0794 e. The molecule has 0 atom stereocenters. The van der Waals surface area contributed by atoms with E-state index in [0.29, 0.717) is 0 Å². The van der Waals surface area contributed by atoms with E-state index < -0.39 is 0 Å². The second kappa shape index (κ2) is 12.6. The van der Waals surface area contributed by atoms with Gasteiger partial charge in [-0.05, 0) is 13.0 Å². The minimum absolute atomic E-state index is 0.988. The number of unbranched alkanes of at least 4 members (excludes halogenated alkanes) is 9. The molecule has 3 heteroatoms. The Morgan fingerprint density at radius 1 is 0.947 bits per heavy atom. The van der Waals surface area contributed by atoms with Crippen LogP contribution in [-0.2, 0) is 6.54 Å². The fraction of sp³-hybridized carbons (Fsp3) is 0.812. The van der Waals surface area contributed by atoms with E-state index in [1.807, 2.05) is 11.7 Å². The third kappa shape index (κ3) is 10.1. The van der Waals surface area contributed by atoms with Gasteiger partial charge in [-0.3, -0.25) is 4.98 Å². The molecule has 0 aromatic carbocycles. The fourth-order valence-electron chi connectivity index (χ4n) is 2.28. The van der Waals surface area contributed by atoms with E-state index in [9.17, 15) is 0 Å². The maximum Gasteiger partial charge on any atom is 0.0794 e. The summed E-state index contributed by atoms with van der Waals surface area (Å²) in [6.07, 6.45) is 16.1. The topological polar surface area (TPSA) is 24.9 Å². The van der Waals surface area contributed by atoms with Gasteiger partial charge in [0.2, 0.25) is 0 Å². The van der Waals surface area contributed by atoms with Crippen molar-refractivity contribution >= 4 is 11.3 Å². The van der Waals surface area contributed by atoms with Crippen LogP contribution >= 0.6 is 11.3 Å². The summed E-state index contributed by atoms with van der Waals surface area (Å²) >= 11 is 1.73. The van der Waals surface area contributed by atoms with Crippen LogP contribution in [-0.4, -0.2) is 11.5 Å². The van der Waals surface area contributed by atoms with Crippen LogP contribution in [0.1, 0.15) is 76.0 Å². The molecule has 1 aromatic heterocycles. The Morgan fingerprint density at radius 3 is 2.16 bits per heavy atom. The first-order valence-corrected chi connectivity index (χ1v) is 8.89. The summed E-state index contributed by atoms with van der Waals surface area (Å²) < 4.78 is 0. The number of thiazole rings is 1. The number of hydrogen-bond acceptors (Lipinski definition) is 3. The van der Waals surface area contributed by atoms with Crippen molar-refractivity contribution in [3.05, 3.63) is 16.6 Å². The lowest BCUT2D eigenvalue weighted by molar-refractivity contribution is 0.544. The van der Waals surface area contributed by atoms with E-state index in [4.69, 9.17) is 0 Å². The first-order chi connectivity index (χ1) is 9.43. The number of aromatic nitrogens is 1. The molecule has 1 heterocycles. The largest absolute Gasteiger partial charge is 0.312 e. The maximum absolute atomic E-state index is 4.08. The molecule has 0 radical (unpaired) electrons. The van der Waals surface area contributed by atoms with Crippen molar-refractivity contribution in [2.24, 2.45) is 0 Å². The number of nitrogens with one attached hydrogen (secondary N) is 1. The van der Waals surface area contributed by atoms with Gasteiger partial charge in [0.15, 0.2) is 0 Å². The second-order valence-electron chi connectivity index (χ2n) is 5.33. The highest BCUT2D eigenvalue weighted by atomic mass is 32.1. The lowest BCUT2D eigenvalue weighted by Gasteiger charge is -2.03. The van der Waals surface area contributed by atoms with Gasteiger partial charge in [-0.1, -0.05) is 64.7 Å². The van der Waals surface area contributed by atoms with Gasteiger partial charge >= 0.3 is 0 Å². The average molecular weight is 282 g/mol. The SMILES string of the molecule is CCCCCCCCCCCCNCc1cncs1. The molecular formula is C16H30N2S. The molecule has 0 saturated carbocycles. The Bertz CT molecular complexity index is 272. The standard InChI is InChI=1S/C16H30N2S/c1-2-3-4-5-6-7-8-9-10-11-12-17-13-16-14-18-15-19-16/h14-15,17H,2-13H2,1H3. The molecule has 2 nitrogen and oxygen atoms in total. The quantitative estimate of drug-likeness (QED) is 0.506. The Kier molecular flexibility index (Phi) is 11.1. The predicted molar refractivity (Wildman–Crippen MR) is 85.7 cm³/mol. The zero-order valence-corrected chi connectivity index (χ0v) is 13.3. The van der Waals surface area contributed by atoms with Gasteiger partial charge in [0, 0.05) is 17.6 Å². The number of rotatable bonds is 13. The van der Waals surface area contributed by atoms with Crippen LogP contribution in [0.3, 0.4) is 0 Å².